The van der Waals surface area contributed by atoms with Crippen LogP contribution in [0.1, 0.15) is 35.7 Å². The fourth-order valence-corrected chi connectivity index (χ4v) is 4.16. The first kappa shape index (κ1) is 24.8. The number of carbonyl (C=O) groups is 1. The van der Waals surface area contributed by atoms with Crippen molar-refractivity contribution in [2.75, 3.05) is 0 Å². The summed E-state index contributed by atoms with van der Waals surface area (Å²) in [7, 11) is 0. The molecule has 0 unspecified atom stereocenters. The van der Waals surface area contributed by atoms with E-state index in [1.165, 1.54) is 12.1 Å². The summed E-state index contributed by atoms with van der Waals surface area (Å²) in [6, 6.07) is 24.0. The van der Waals surface area contributed by atoms with Gasteiger partial charge in [-0.15, -0.1) is 0 Å². The molecule has 0 atom stereocenters. The van der Waals surface area contributed by atoms with Crippen LogP contribution in [0, 0.1) is 11.9 Å². The second-order valence-electron chi connectivity index (χ2n) is 9.24. The summed E-state index contributed by atoms with van der Waals surface area (Å²) in [5, 5.41) is 9.79. The van der Waals surface area contributed by atoms with E-state index >= 15 is 0 Å². The molecule has 38 heavy (non-hydrogen) atoms. The summed E-state index contributed by atoms with van der Waals surface area (Å²) in [6.07, 6.45) is 1.64. The highest BCUT2D eigenvalue weighted by Crippen LogP contribution is 2.36. The van der Waals surface area contributed by atoms with Crippen molar-refractivity contribution in [1.29, 1.82) is 0 Å². The highest BCUT2D eigenvalue weighted by atomic mass is 19.1. The third kappa shape index (κ3) is 4.88. The molecular weight excluding hydrogens is 486 g/mol. The van der Waals surface area contributed by atoms with Gasteiger partial charge in [0.15, 0.2) is 0 Å². The van der Waals surface area contributed by atoms with Gasteiger partial charge in [-0.25, -0.2) is 9.78 Å². The molecule has 4 aromatic heterocycles. The normalized spacial score (nSPS) is 11.4. The molecule has 1 aromatic carbocycles. The Balaban J connectivity index is 1.72. The molecule has 0 saturated heterocycles. The van der Waals surface area contributed by atoms with Crippen molar-refractivity contribution in [3.63, 3.8) is 0 Å². The predicted octanol–water partition coefficient (Wildman–Crippen LogP) is 6.57. The average Bonchev–Trinajstić information content (AvgIpc) is 2.93. The van der Waals surface area contributed by atoms with Crippen molar-refractivity contribution in [3.8, 4) is 33.6 Å². The molecular formula is C30H22F2N4O2. The molecule has 0 aliphatic carbocycles. The smallest absolute Gasteiger partial charge is 0.354 e. The summed E-state index contributed by atoms with van der Waals surface area (Å²) in [5.74, 6) is -3.08. The molecule has 0 bridgehead atoms. The number of carboxylic acids is 1. The highest BCUT2D eigenvalue weighted by Gasteiger charge is 2.30. The molecule has 0 spiro atoms. The Hall–Kier alpha value is -4.85. The van der Waals surface area contributed by atoms with Gasteiger partial charge in [-0.1, -0.05) is 36.4 Å². The molecule has 5 rings (SSSR count). The number of carboxylic acid groups (broad SMARTS) is 1. The second-order valence-corrected chi connectivity index (χ2v) is 9.24. The Kier molecular flexibility index (Phi) is 6.46. The van der Waals surface area contributed by atoms with Gasteiger partial charge in [-0.2, -0.15) is 13.8 Å². The standard InChI is InChI=1S/C30H22F2N4O2/c1-30(2,25-16-19(14-24(35-25)29(37)38)18-8-4-3-5-9-18)26-17-20(22-10-6-7-13-33-22)15-23(34-26)21-11-12-27(31)36-28(21)32/h3-17H,1-2H3,(H,37,38). The monoisotopic (exact) mass is 508 g/mol. The lowest BCUT2D eigenvalue weighted by Crippen LogP contribution is -2.24. The van der Waals surface area contributed by atoms with Crippen LogP contribution in [0.3, 0.4) is 0 Å². The zero-order valence-corrected chi connectivity index (χ0v) is 20.6. The fraction of sp³-hybridized carbons (Fsp3) is 0.100. The highest BCUT2D eigenvalue weighted by molar-refractivity contribution is 5.87. The van der Waals surface area contributed by atoms with Crippen molar-refractivity contribution in [3.05, 3.63) is 120 Å². The Morgan fingerprint density at radius 3 is 2.13 bits per heavy atom. The summed E-state index contributed by atoms with van der Waals surface area (Å²) < 4.78 is 28.3. The van der Waals surface area contributed by atoms with E-state index in [9.17, 15) is 18.7 Å². The zero-order chi connectivity index (χ0) is 26.9. The number of pyridine rings is 4. The van der Waals surface area contributed by atoms with Crippen molar-refractivity contribution in [2.45, 2.75) is 19.3 Å². The summed E-state index contributed by atoms with van der Waals surface area (Å²) in [6.45, 7) is 3.73. The van der Waals surface area contributed by atoms with Crippen LogP contribution in [0.15, 0.2) is 91.1 Å². The summed E-state index contributed by atoms with van der Waals surface area (Å²) >= 11 is 0. The minimum absolute atomic E-state index is 0.0263. The third-order valence-electron chi connectivity index (χ3n) is 6.31. The fourth-order valence-electron chi connectivity index (χ4n) is 4.16. The number of aromatic nitrogens is 4. The minimum Gasteiger partial charge on any atom is -0.477 e. The van der Waals surface area contributed by atoms with Gasteiger partial charge in [-0.3, -0.25) is 9.97 Å². The van der Waals surface area contributed by atoms with Crippen molar-refractivity contribution in [1.82, 2.24) is 19.9 Å². The maximum atomic E-state index is 14.7. The Labute approximate surface area is 217 Å². The molecule has 1 N–H and O–H groups in total. The first-order valence-electron chi connectivity index (χ1n) is 11.8. The average molecular weight is 509 g/mol. The summed E-state index contributed by atoms with van der Waals surface area (Å²) in [4.78, 5) is 28.9. The van der Waals surface area contributed by atoms with Gasteiger partial charge in [0, 0.05) is 17.2 Å². The quantitative estimate of drug-likeness (QED) is 0.261. The van der Waals surface area contributed by atoms with Gasteiger partial charge in [0.1, 0.15) is 5.69 Å². The second kappa shape index (κ2) is 9.89. The van der Waals surface area contributed by atoms with E-state index in [0.29, 0.717) is 28.2 Å². The van der Waals surface area contributed by atoms with Gasteiger partial charge in [-0.05, 0) is 73.5 Å². The van der Waals surface area contributed by atoms with Crippen LogP contribution in [0.5, 0.6) is 0 Å². The van der Waals surface area contributed by atoms with Gasteiger partial charge >= 0.3 is 5.97 Å². The minimum atomic E-state index is -1.16. The van der Waals surface area contributed by atoms with Crippen molar-refractivity contribution < 1.29 is 18.7 Å². The first-order chi connectivity index (χ1) is 18.2. The topological polar surface area (TPSA) is 88.9 Å². The van der Waals surface area contributed by atoms with E-state index in [0.717, 1.165) is 11.6 Å². The number of rotatable bonds is 6. The van der Waals surface area contributed by atoms with E-state index < -0.39 is 23.3 Å². The van der Waals surface area contributed by atoms with Crippen molar-refractivity contribution >= 4 is 5.97 Å². The van der Waals surface area contributed by atoms with E-state index in [1.807, 2.05) is 68.4 Å². The van der Waals surface area contributed by atoms with Crippen LogP contribution in [0.4, 0.5) is 8.78 Å². The van der Waals surface area contributed by atoms with Gasteiger partial charge in [0.05, 0.1) is 28.3 Å². The number of hydrogen-bond acceptors (Lipinski definition) is 5. The Bertz CT molecular complexity index is 1640. The summed E-state index contributed by atoms with van der Waals surface area (Å²) in [5.41, 5.74) is 3.00. The van der Waals surface area contributed by atoms with Crippen molar-refractivity contribution in [2.24, 2.45) is 0 Å². The Morgan fingerprint density at radius 2 is 1.45 bits per heavy atom. The molecule has 4 heterocycles. The van der Waals surface area contributed by atoms with Gasteiger partial charge < -0.3 is 5.11 Å². The molecule has 5 aromatic rings. The van der Waals surface area contributed by atoms with E-state index in [-0.39, 0.29) is 17.0 Å². The zero-order valence-electron chi connectivity index (χ0n) is 20.6. The van der Waals surface area contributed by atoms with Crippen LogP contribution in [-0.4, -0.2) is 31.0 Å². The molecule has 188 valence electrons. The SMILES string of the molecule is CC(C)(c1cc(-c2ccccc2)cc(C(=O)O)n1)c1cc(-c2ccccn2)cc(-c2ccc(F)nc2F)n1. The largest absolute Gasteiger partial charge is 0.477 e. The van der Waals surface area contributed by atoms with Crippen LogP contribution in [0.2, 0.25) is 0 Å². The van der Waals surface area contributed by atoms with E-state index in [2.05, 4.69) is 15.0 Å². The van der Waals surface area contributed by atoms with Crippen LogP contribution >= 0.6 is 0 Å². The maximum Gasteiger partial charge on any atom is 0.354 e. The molecule has 0 fully saturated rings. The molecule has 8 heteroatoms. The lowest BCUT2D eigenvalue weighted by molar-refractivity contribution is 0.0690. The molecule has 0 saturated carbocycles. The maximum absolute atomic E-state index is 14.7. The molecule has 0 amide bonds. The molecule has 0 aliphatic heterocycles. The molecule has 6 nitrogen and oxygen atoms in total. The lowest BCUT2D eigenvalue weighted by Gasteiger charge is -2.26. The van der Waals surface area contributed by atoms with Crippen LogP contribution in [-0.2, 0) is 5.41 Å². The number of aromatic carboxylic acids is 1. The van der Waals surface area contributed by atoms with Gasteiger partial charge in [0.2, 0.25) is 11.9 Å². The number of halogens is 2. The van der Waals surface area contributed by atoms with E-state index in [4.69, 9.17) is 4.98 Å². The third-order valence-corrected chi connectivity index (χ3v) is 6.31. The van der Waals surface area contributed by atoms with Crippen LogP contribution in [0.25, 0.3) is 33.6 Å². The van der Waals surface area contributed by atoms with E-state index in [1.54, 1.807) is 18.3 Å². The lowest BCUT2D eigenvalue weighted by atomic mass is 9.82. The molecule has 0 aliphatic rings. The Morgan fingerprint density at radius 1 is 0.737 bits per heavy atom. The number of benzene rings is 1. The van der Waals surface area contributed by atoms with Gasteiger partial charge in [0.25, 0.3) is 0 Å². The first-order valence-corrected chi connectivity index (χ1v) is 11.8. The molecule has 0 radical (unpaired) electrons. The predicted molar refractivity (Wildman–Crippen MR) is 139 cm³/mol. The van der Waals surface area contributed by atoms with Crippen LogP contribution < -0.4 is 0 Å². The number of nitrogens with zero attached hydrogens (tertiary/aromatic N) is 4. The number of hydrogen-bond donors (Lipinski definition) is 1.